The van der Waals surface area contributed by atoms with Crippen molar-refractivity contribution in [3.63, 3.8) is 0 Å². The highest BCUT2D eigenvalue weighted by molar-refractivity contribution is 7.13. The number of halogens is 3. The predicted octanol–water partition coefficient (Wildman–Crippen LogP) is 5.82. The summed E-state index contributed by atoms with van der Waals surface area (Å²) < 4.78 is 58.6. The third-order valence-corrected chi connectivity index (χ3v) is 20.0. The van der Waals surface area contributed by atoms with E-state index in [1.807, 2.05) is 31.2 Å². The maximum atomic E-state index is 15.8. The zero-order chi connectivity index (χ0) is 61.6. The summed E-state index contributed by atoms with van der Waals surface area (Å²) in [6.07, 6.45) is 5.55. The van der Waals surface area contributed by atoms with E-state index in [-0.39, 0.29) is 87.7 Å². The molecular formula is C63H83F3N12O8S. The zero-order valence-corrected chi connectivity index (χ0v) is 51.6. The minimum absolute atomic E-state index is 0.0142. The number of aromatic nitrogens is 3. The van der Waals surface area contributed by atoms with Crippen LogP contribution < -0.4 is 40.7 Å². The molecule has 5 saturated heterocycles. The smallest absolute Gasteiger partial charge is 0.258 e. The number of nitrogens with one attached hydrogen (secondary N) is 4. The number of anilines is 3. The number of fused-ring (bicyclic) bond motifs is 1. The molecule has 2 aromatic carbocycles. The molecule has 0 unspecified atom stereocenters. The Morgan fingerprint density at radius 2 is 1.56 bits per heavy atom. The number of piperidine rings is 2. The Kier molecular flexibility index (Phi) is 17.9. The van der Waals surface area contributed by atoms with Crippen LogP contribution >= 0.6 is 11.3 Å². The Labute approximate surface area is 510 Å². The first-order valence-electron chi connectivity index (χ1n) is 30.8. The average molecular weight is 1230 g/mol. The molecule has 6 atom stereocenters. The third-order valence-electron chi connectivity index (χ3n) is 19.0. The number of carbonyl (C=O) groups excluding carboxylic acids is 5. The summed E-state index contributed by atoms with van der Waals surface area (Å²) in [7, 11) is 0. The number of nitrogens with zero attached hydrogens (tertiary/aromatic N) is 8. The van der Waals surface area contributed by atoms with Crippen LogP contribution in [-0.2, 0) is 41.8 Å². The summed E-state index contributed by atoms with van der Waals surface area (Å²) in [4.78, 5) is 91.3. The van der Waals surface area contributed by atoms with Gasteiger partial charge in [-0.25, -0.2) is 28.1 Å². The van der Waals surface area contributed by atoms with Crippen molar-refractivity contribution in [2.24, 2.45) is 22.7 Å². The monoisotopic (exact) mass is 1220 g/mol. The predicted molar refractivity (Wildman–Crippen MR) is 323 cm³/mol. The van der Waals surface area contributed by atoms with E-state index in [2.05, 4.69) is 64.8 Å². The number of aliphatic hydroxyl groups excluding tert-OH is 1. The van der Waals surface area contributed by atoms with Gasteiger partial charge in [0.25, 0.3) is 5.91 Å². The first kappa shape index (κ1) is 62.0. The van der Waals surface area contributed by atoms with Crippen molar-refractivity contribution in [1.29, 1.82) is 0 Å². The summed E-state index contributed by atoms with van der Waals surface area (Å²) in [5.41, 5.74) is 1.39. The Morgan fingerprint density at radius 3 is 2.24 bits per heavy atom. The molecule has 7 fully saturated rings. The van der Waals surface area contributed by atoms with Gasteiger partial charge >= 0.3 is 0 Å². The van der Waals surface area contributed by atoms with E-state index < -0.39 is 64.2 Å². The highest BCUT2D eigenvalue weighted by Crippen LogP contribution is 2.43. The number of benzene rings is 2. The largest absolute Gasteiger partial charge is 0.491 e. The van der Waals surface area contributed by atoms with Gasteiger partial charge in [0.15, 0.2) is 5.67 Å². The number of amides is 5. The fraction of sp³-hybridized carbons (Fsp3) is 0.619. The Morgan fingerprint density at radius 1 is 0.851 bits per heavy atom. The van der Waals surface area contributed by atoms with Crippen LogP contribution in [0.25, 0.3) is 10.4 Å². The number of alkyl halides is 1. The lowest BCUT2D eigenvalue weighted by Crippen LogP contribution is -2.66. The lowest BCUT2D eigenvalue weighted by molar-refractivity contribution is -0.145. The normalized spacial score (nSPS) is 24.4. The Balaban J connectivity index is 0.625. The minimum Gasteiger partial charge on any atom is -0.491 e. The lowest BCUT2D eigenvalue weighted by atomic mass is 9.82. The minimum atomic E-state index is -2.00. The van der Waals surface area contributed by atoms with Gasteiger partial charge in [-0.1, -0.05) is 46.8 Å². The van der Waals surface area contributed by atoms with Crippen molar-refractivity contribution in [3.8, 4) is 16.2 Å². The number of hydrogen-bond acceptors (Lipinski definition) is 16. The van der Waals surface area contributed by atoms with Crippen molar-refractivity contribution in [3.05, 3.63) is 76.7 Å². The van der Waals surface area contributed by atoms with Gasteiger partial charge < -0.3 is 55.4 Å². The highest BCUT2D eigenvalue weighted by Gasteiger charge is 2.54. The van der Waals surface area contributed by atoms with Crippen LogP contribution in [0.4, 0.5) is 30.5 Å². The van der Waals surface area contributed by atoms with Crippen LogP contribution in [0.1, 0.15) is 109 Å². The molecule has 0 radical (unpaired) electrons. The molecule has 11 rings (SSSR count). The van der Waals surface area contributed by atoms with Gasteiger partial charge in [-0.2, -0.15) is 0 Å². The van der Waals surface area contributed by atoms with E-state index in [1.165, 1.54) is 28.4 Å². The first-order chi connectivity index (χ1) is 41.4. The van der Waals surface area contributed by atoms with E-state index in [1.54, 1.807) is 37.5 Å². The highest BCUT2D eigenvalue weighted by atomic mass is 32.1. The number of piperazine rings is 1. The summed E-state index contributed by atoms with van der Waals surface area (Å²) in [6, 6.07) is 8.04. The van der Waals surface area contributed by atoms with Gasteiger partial charge in [-0.15, -0.1) is 11.3 Å². The maximum Gasteiger partial charge on any atom is 0.258 e. The van der Waals surface area contributed by atoms with E-state index >= 15 is 8.78 Å². The van der Waals surface area contributed by atoms with Crippen LogP contribution in [0.15, 0.2) is 48.2 Å². The molecule has 5 amide bonds. The van der Waals surface area contributed by atoms with E-state index in [0.717, 1.165) is 79.6 Å². The van der Waals surface area contributed by atoms with Crippen molar-refractivity contribution in [2.75, 3.05) is 93.4 Å². The fourth-order valence-electron chi connectivity index (χ4n) is 13.5. The number of aliphatic hydroxyl groups is 1. The Bertz CT molecular complexity index is 3200. The quantitative estimate of drug-likeness (QED) is 0.0698. The average Bonchev–Trinajstić information content (AvgIpc) is 3.46. The fourth-order valence-corrected chi connectivity index (χ4v) is 14.3. The molecule has 7 heterocycles. The van der Waals surface area contributed by atoms with Gasteiger partial charge in [0.2, 0.25) is 23.6 Å². The van der Waals surface area contributed by atoms with Gasteiger partial charge in [0.05, 0.1) is 52.6 Å². The molecule has 24 heteroatoms. The molecule has 4 aromatic rings. The molecule has 2 aliphatic carbocycles. The van der Waals surface area contributed by atoms with Crippen LogP contribution in [-0.4, -0.2) is 174 Å². The van der Waals surface area contributed by atoms with Gasteiger partial charge in [-0.05, 0) is 112 Å². The molecule has 20 nitrogen and oxygen atoms in total. The molecule has 7 aliphatic rings. The number of hydrogen-bond donors (Lipinski definition) is 5. The van der Waals surface area contributed by atoms with Crippen molar-refractivity contribution in [1.82, 2.24) is 46.0 Å². The number of carbonyl (C=O) groups is 5. The van der Waals surface area contributed by atoms with E-state index in [9.17, 15) is 33.5 Å². The zero-order valence-electron chi connectivity index (χ0n) is 50.8. The second kappa shape index (κ2) is 25.1. The van der Waals surface area contributed by atoms with Gasteiger partial charge in [0, 0.05) is 82.0 Å². The summed E-state index contributed by atoms with van der Waals surface area (Å²) >= 11 is 1.48. The summed E-state index contributed by atoms with van der Waals surface area (Å²) in [5.74, 6) is -0.558. The summed E-state index contributed by atoms with van der Waals surface area (Å²) in [5, 5.41) is 22.3. The molecule has 87 heavy (non-hydrogen) atoms. The van der Waals surface area contributed by atoms with Crippen molar-refractivity contribution < 1.29 is 51.7 Å². The van der Waals surface area contributed by atoms with E-state index in [0.29, 0.717) is 67.7 Å². The van der Waals surface area contributed by atoms with Crippen molar-refractivity contribution in [2.45, 2.75) is 148 Å². The number of ether oxygens (including phenoxy) is 2. The number of thiazole rings is 1. The summed E-state index contributed by atoms with van der Waals surface area (Å²) in [6.45, 7) is 16.9. The standard InChI is InChI=1S/C63H83F3N12O8S/c1-38-55(87-37-71-38)39-7-8-40(28-68-57(82)49-25-44(79)32-78(49)58(83)56(60(2,3)4)72-59(84)63(66)9-10-63)50(24-39)85-20-15-67-54(81)34-86-45-21-41-30-76(31-42(41)22-45)52-27-51(69-36-70-52)75-18-13-62(14-19-75)35-77(33-53(80)73-62)48-26-46(64)43(23-47(48)65)29-74-16-11-61(5,6)12-17-74/h7-8,23-24,26-27,36-37,41-42,44-45,49,56,79H,9-22,25,28-35H2,1-6H3,(H,67,81)(H,68,82)(H,72,84)(H,73,80)/t41-,42+,44-,45-,49+,56-/m1/s1. The van der Waals surface area contributed by atoms with Crippen LogP contribution in [0.3, 0.4) is 0 Å². The van der Waals surface area contributed by atoms with E-state index in [4.69, 9.17) is 9.47 Å². The molecule has 0 bridgehead atoms. The Hall–Kier alpha value is -6.63. The van der Waals surface area contributed by atoms with Crippen LogP contribution in [0.2, 0.25) is 0 Å². The molecule has 5 aliphatic heterocycles. The molecule has 1 spiro atoms. The third kappa shape index (κ3) is 14.3. The van der Waals surface area contributed by atoms with Gasteiger partial charge in [-0.3, -0.25) is 28.9 Å². The second-order valence-corrected chi connectivity index (χ2v) is 28.1. The second-order valence-electron chi connectivity index (χ2n) is 27.2. The number of β-amino-alcohol motifs (C(OH)–C–C–N with tert-alkyl or cyclic N) is 1. The lowest BCUT2D eigenvalue weighted by Gasteiger charge is -2.48. The molecule has 5 N–H and O–H groups in total. The topological polar surface area (TPSA) is 227 Å². The van der Waals surface area contributed by atoms with Crippen LogP contribution in [0, 0.1) is 41.2 Å². The molecule has 2 saturated carbocycles. The number of aryl methyl sites for hydroxylation is 1. The SMILES string of the molecule is Cc1ncsc1-c1ccc(CNC(=O)[C@@H]2C[C@@H](O)CN2C(=O)[C@@H](NC(=O)C2(F)CC2)C(C)(C)C)c(OCCNC(=O)CO[C@@H]2C[C@@H]3CN(c4cc(N5CCC6(CC5)CN(c5cc(F)c(CN7CCC(C)(C)CC7)cc5F)CC(=O)N6)ncn4)C[C@@H]3C2)c1. The maximum absolute atomic E-state index is 15.8. The van der Waals surface area contributed by atoms with Crippen LogP contribution in [0.5, 0.6) is 5.75 Å². The van der Waals surface area contributed by atoms with Gasteiger partial charge in [0.1, 0.15) is 60.6 Å². The first-order valence-corrected chi connectivity index (χ1v) is 31.7. The molecule has 470 valence electrons. The molecule has 2 aromatic heterocycles. The number of rotatable bonds is 19. The molecular weight excluding hydrogens is 1140 g/mol. The number of likely N-dealkylation sites (tertiary alicyclic amines) is 2. The van der Waals surface area contributed by atoms with Crippen molar-refractivity contribution >= 4 is 58.2 Å².